The molecule has 0 aliphatic heterocycles. The molecule has 1 rings (SSSR count). The Morgan fingerprint density at radius 2 is 1.78 bits per heavy atom. The number of aliphatic carboxylic acids is 2. The predicted octanol–water partition coefficient (Wildman–Crippen LogP) is -8.99. The van der Waals surface area contributed by atoms with Crippen LogP contribution in [0.3, 0.4) is 0 Å². The maximum absolute atomic E-state index is 11.0. The molecule has 0 spiro atoms. The standard InChI is InChI=1S/C8H8O7S.2Li/c9-6(10)5-2-1-3-8(4-5,7(11)12)16(13,14)15;;/h1-3H,4H2,(H,9,10)(H,11,12)(H,13,14,15);;/q;2*+1/p-2. The molecule has 0 radical (unpaired) electrons. The predicted molar refractivity (Wildman–Crippen MR) is 46.1 cm³/mol. The average Bonchev–Trinajstić information content (AvgIpc) is 2.15. The van der Waals surface area contributed by atoms with Crippen LogP contribution in [0.1, 0.15) is 6.42 Å². The number of carbonyl (C=O) groups is 2. The van der Waals surface area contributed by atoms with Gasteiger partial charge in [-0.2, -0.15) is 8.42 Å². The molecule has 0 saturated carbocycles. The van der Waals surface area contributed by atoms with Crippen molar-refractivity contribution in [2.24, 2.45) is 0 Å². The van der Waals surface area contributed by atoms with Crippen molar-refractivity contribution in [3.05, 3.63) is 23.8 Å². The molecule has 10 heteroatoms. The maximum atomic E-state index is 11.0. The van der Waals surface area contributed by atoms with Gasteiger partial charge in [0.1, 0.15) is 0 Å². The smallest absolute Gasteiger partial charge is 0.548 e. The summed E-state index contributed by atoms with van der Waals surface area (Å²) in [7, 11) is -5.03. The number of hydrogen-bond donors (Lipinski definition) is 1. The Kier molecular flexibility index (Phi) is 7.30. The van der Waals surface area contributed by atoms with Crippen molar-refractivity contribution in [2.45, 2.75) is 11.2 Å². The summed E-state index contributed by atoms with van der Waals surface area (Å²) >= 11 is 0. The van der Waals surface area contributed by atoms with Crippen LogP contribution in [0.15, 0.2) is 23.8 Å². The fourth-order valence-corrected chi connectivity index (χ4v) is 2.08. The number of rotatable bonds is 3. The quantitative estimate of drug-likeness (QED) is 0.393. The number of carboxylic acids is 2. The molecular weight excluding hydrogens is 254 g/mol. The number of hydrogen-bond acceptors (Lipinski definition) is 6. The summed E-state index contributed by atoms with van der Waals surface area (Å²) in [6, 6.07) is 0. The molecule has 0 heterocycles. The van der Waals surface area contributed by atoms with Crippen LogP contribution in [-0.2, 0) is 19.7 Å². The van der Waals surface area contributed by atoms with E-state index in [4.69, 9.17) is 4.55 Å². The second-order valence-electron chi connectivity index (χ2n) is 3.17. The molecule has 1 unspecified atom stereocenters. The van der Waals surface area contributed by atoms with Crippen LogP contribution in [-0.4, -0.2) is 29.7 Å². The van der Waals surface area contributed by atoms with Crippen LogP contribution < -0.4 is 47.9 Å². The third kappa shape index (κ3) is 3.52. The fourth-order valence-electron chi connectivity index (χ4n) is 1.28. The van der Waals surface area contributed by atoms with E-state index in [1.165, 1.54) is 0 Å². The Balaban J connectivity index is 0. The Morgan fingerprint density at radius 3 is 2.11 bits per heavy atom. The molecule has 0 fully saturated rings. The molecule has 1 N–H and O–H groups in total. The van der Waals surface area contributed by atoms with E-state index in [1.807, 2.05) is 0 Å². The third-order valence-electron chi connectivity index (χ3n) is 2.18. The molecule has 0 saturated heterocycles. The van der Waals surface area contributed by atoms with Gasteiger partial charge in [-0.3, -0.25) is 4.55 Å². The first-order chi connectivity index (χ1) is 7.21. The topological polar surface area (TPSA) is 135 Å². The zero-order valence-electron chi connectivity index (χ0n) is 9.74. The van der Waals surface area contributed by atoms with Crippen molar-refractivity contribution in [2.75, 3.05) is 0 Å². The van der Waals surface area contributed by atoms with Gasteiger partial charge >= 0.3 is 37.7 Å². The molecule has 18 heavy (non-hydrogen) atoms. The van der Waals surface area contributed by atoms with Gasteiger partial charge in [-0.25, -0.2) is 0 Å². The summed E-state index contributed by atoms with van der Waals surface area (Å²) in [4.78, 5) is 21.2. The van der Waals surface area contributed by atoms with Crippen LogP contribution in [0.25, 0.3) is 0 Å². The first-order valence-electron chi connectivity index (χ1n) is 3.99. The second-order valence-corrected chi connectivity index (χ2v) is 4.85. The van der Waals surface area contributed by atoms with E-state index < -0.39 is 38.8 Å². The molecule has 7 nitrogen and oxygen atoms in total. The van der Waals surface area contributed by atoms with E-state index in [0.29, 0.717) is 6.08 Å². The zero-order valence-corrected chi connectivity index (χ0v) is 10.6. The van der Waals surface area contributed by atoms with Crippen molar-refractivity contribution in [3.63, 3.8) is 0 Å². The van der Waals surface area contributed by atoms with E-state index in [-0.39, 0.29) is 37.7 Å². The van der Waals surface area contributed by atoms with E-state index in [1.54, 1.807) is 0 Å². The maximum Gasteiger partial charge on any atom is 1.00 e. The van der Waals surface area contributed by atoms with Crippen molar-refractivity contribution >= 4 is 22.1 Å². The van der Waals surface area contributed by atoms with Gasteiger partial charge in [0, 0.05) is 6.42 Å². The van der Waals surface area contributed by atoms with Gasteiger partial charge in [0.2, 0.25) is 0 Å². The van der Waals surface area contributed by atoms with Gasteiger partial charge in [0.25, 0.3) is 10.1 Å². The van der Waals surface area contributed by atoms with Gasteiger partial charge in [0.05, 0.1) is 11.9 Å². The largest absolute Gasteiger partial charge is 1.00 e. The Labute approximate surface area is 127 Å². The van der Waals surface area contributed by atoms with Gasteiger partial charge in [-0.15, -0.1) is 0 Å². The Hall–Kier alpha value is -0.475. The van der Waals surface area contributed by atoms with Gasteiger partial charge in [-0.1, -0.05) is 18.2 Å². The van der Waals surface area contributed by atoms with Crippen molar-refractivity contribution in [1.82, 2.24) is 0 Å². The molecular formula is C8H6Li2O7S. The molecule has 0 aromatic rings. The second kappa shape index (κ2) is 6.62. The summed E-state index contributed by atoms with van der Waals surface area (Å²) in [6.45, 7) is 0. The zero-order chi connectivity index (χ0) is 12.6. The third-order valence-corrected chi connectivity index (χ3v) is 3.55. The SMILES string of the molecule is O=C([O-])C1=CC=CC(C(=O)[O-])(S(=O)(=O)O)C1.[Li+].[Li+]. The normalized spacial score (nSPS) is 22.2. The number of allylic oxidation sites excluding steroid dienone is 2. The first-order valence-corrected chi connectivity index (χ1v) is 5.43. The van der Waals surface area contributed by atoms with Crippen LogP contribution >= 0.6 is 0 Å². The van der Waals surface area contributed by atoms with E-state index in [2.05, 4.69) is 0 Å². The minimum Gasteiger partial charge on any atom is -0.548 e. The number of carboxylic acid groups (broad SMARTS) is 2. The molecule has 1 atom stereocenters. The van der Waals surface area contributed by atoms with Crippen LogP contribution in [0.4, 0.5) is 0 Å². The molecule has 0 amide bonds. The first kappa shape index (κ1) is 19.9. The van der Waals surface area contributed by atoms with Crippen molar-refractivity contribution in [3.8, 4) is 0 Å². The summed E-state index contributed by atoms with van der Waals surface area (Å²) in [5.41, 5.74) is -0.552. The van der Waals surface area contributed by atoms with Gasteiger partial charge in [0.15, 0.2) is 4.75 Å². The van der Waals surface area contributed by atoms with E-state index in [0.717, 1.165) is 12.2 Å². The van der Waals surface area contributed by atoms with Crippen LogP contribution in [0.5, 0.6) is 0 Å². The minimum atomic E-state index is -5.03. The summed E-state index contributed by atoms with van der Waals surface area (Å²) < 4.78 is 28.0. The van der Waals surface area contributed by atoms with E-state index >= 15 is 0 Å². The fraction of sp³-hybridized carbons (Fsp3) is 0.250. The number of carbonyl (C=O) groups excluding carboxylic acids is 2. The van der Waals surface area contributed by atoms with Gasteiger partial charge in [-0.05, 0) is 5.57 Å². The molecule has 0 aromatic carbocycles. The summed E-state index contributed by atoms with van der Waals surface area (Å²) in [6.07, 6.45) is 1.61. The molecule has 0 aromatic heterocycles. The monoisotopic (exact) mass is 260 g/mol. The van der Waals surface area contributed by atoms with Gasteiger partial charge < -0.3 is 19.8 Å². The molecule has 0 bridgehead atoms. The average molecular weight is 260 g/mol. The minimum absolute atomic E-state index is 0. The van der Waals surface area contributed by atoms with Crippen molar-refractivity contribution in [1.29, 1.82) is 0 Å². The Morgan fingerprint density at radius 1 is 1.28 bits per heavy atom. The van der Waals surface area contributed by atoms with Crippen LogP contribution in [0, 0.1) is 0 Å². The van der Waals surface area contributed by atoms with Crippen LogP contribution in [0.2, 0.25) is 0 Å². The Bertz CT molecular complexity index is 508. The summed E-state index contributed by atoms with van der Waals surface area (Å²) in [5, 5.41) is 21.2. The molecule has 88 valence electrons. The molecule has 1 aliphatic rings. The van der Waals surface area contributed by atoms with Crippen molar-refractivity contribution < 1.29 is 70.5 Å². The summed E-state index contributed by atoms with van der Waals surface area (Å²) in [5.74, 6) is -3.81. The van der Waals surface area contributed by atoms with E-state index in [9.17, 15) is 28.2 Å². The molecule has 1 aliphatic carbocycles.